The van der Waals surface area contributed by atoms with Crippen molar-refractivity contribution < 1.29 is 23.0 Å². The number of rotatable bonds is 7. The Morgan fingerprint density at radius 2 is 0.971 bits per heavy atom. The molecule has 0 heterocycles. The molecule has 0 radical (unpaired) electrons. The van der Waals surface area contributed by atoms with E-state index in [0.717, 1.165) is 27.8 Å². The molecule has 0 saturated carbocycles. The van der Waals surface area contributed by atoms with Crippen LogP contribution in [0.2, 0.25) is 0 Å². The zero-order valence-corrected chi connectivity index (χ0v) is 18.7. The summed E-state index contributed by atoms with van der Waals surface area (Å²) in [6, 6.07) is 30.1. The van der Waals surface area contributed by atoms with Crippen molar-refractivity contribution in [2.24, 2.45) is 0 Å². The van der Waals surface area contributed by atoms with Crippen LogP contribution in [-0.2, 0) is 12.8 Å². The Balaban J connectivity index is 1.33. The van der Waals surface area contributed by atoms with Crippen LogP contribution in [0.5, 0.6) is 5.75 Å². The van der Waals surface area contributed by atoms with Gasteiger partial charge in [-0.15, -0.1) is 13.2 Å². The molecule has 0 spiro atoms. The zero-order chi connectivity index (χ0) is 24.1. The van der Waals surface area contributed by atoms with Gasteiger partial charge in [-0.25, -0.2) is 0 Å². The van der Waals surface area contributed by atoms with Gasteiger partial charge in [0.15, 0.2) is 0 Å². The van der Waals surface area contributed by atoms with Gasteiger partial charge in [0.05, 0.1) is 6.10 Å². The smallest absolute Gasteiger partial charge is 0.406 e. The third-order valence-electron chi connectivity index (χ3n) is 5.66. The van der Waals surface area contributed by atoms with E-state index < -0.39 is 12.5 Å². The molecule has 0 aliphatic carbocycles. The highest BCUT2D eigenvalue weighted by atomic mass is 19.4. The van der Waals surface area contributed by atoms with Gasteiger partial charge in [0.25, 0.3) is 0 Å². The monoisotopic (exact) mass is 462 g/mol. The van der Waals surface area contributed by atoms with Crippen molar-refractivity contribution in [3.63, 3.8) is 0 Å². The number of ether oxygens (including phenoxy) is 1. The molecule has 0 bridgehead atoms. The van der Waals surface area contributed by atoms with E-state index in [4.69, 9.17) is 0 Å². The van der Waals surface area contributed by atoms with Crippen molar-refractivity contribution in [3.05, 3.63) is 114 Å². The molecular formula is C29H25F3O2. The van der Waals surface area contributed by atoms with E-state index in [2.05, 4.69) is 48.1 Å². The van der Waals surface area contributed by atoms with Crippen molar-refractivity contribution in [1.82, 2.24) is 0 Å². The SMILES string of the molecule is Cc1ccc(-c2ccc(CC(O)Cc3ccc(-c4ccc(OC(F)(F)F)cc4)cc3)cc2)cc1. The second kappa shape index (κ2) is 10.1. The average Bonchev–Trinajstić information content (AvgIpc) is 2.80. The summed E-state index contributed by atoms with van der Waals surface area (Å²) >= 11 is 0. The Morgan fingerprint density at radius 3 is 1.35 bits per heavy atom. The predicted molar refractivity (Wildman–Crippen MR) is 129 cm³/mol. The van der Waals surface area contributed by atoms with Gasteiger partial charge in [-0.2, -0.15) is 0 Å². The van der Waals surface area contributed by atoms with Crippen LogP contribution in [0.1, 0.15) is 16.7 Å². The maximum atomic E-state index is 12.3. The minimum Gasteiger partial charge on any atom is -0.406 e. The van der Waals surface area contributed by atoms with Gasteiger partial charge in [-0.1, -0.05) is 90.5 Å². The topological polar surface area (TPSA) is 29.5 Å². The van der Waals surface area contributed by atoms with Crippen molar-refractivity contribution in [2.75, 3.05) is 0 Å². The fourth-order valence-electron chi connectivity index (χ4n) is 3.88. The molecule has 0 fully saturated rings. The van der Waals surface area contributed by atoms with Gasteiger partial charge in [0, 0.05) is 0 Å². The van der Waals surface area contributed by atoms with Gasteiger partial charge in [-0.05, 0) is 65.3 Å². The number of aryl methyl sites for hydroxylation is 1. The number of aliphatic hydroxyl groups is 1. The van der Waals surface area contributed by atoms with Crippen molar-refractivity contribution in [3.8, 4) is 28.0 Å². The van der Waals surface area contributed by atoms with Gasteiger partial charge in [0.1, 0.15) is 5.75 Å². The molecule has 0 aliphatic heterocycles. The molecule has 5 heteroatoms. The first-order valence-electron chi connectivity index (χ1n) is 11.0. The van der Waals surface area contributed by atoms with Crippen LogP contribution >= 0.6 is 0 Å². The van der Waals surface area contributed by atoms with E-state index in [1.54, 1.807) is 12.1 Å². The molecule has 0 aliphatic rings. The van der Waals surface area contributed by atoms with Crippen molar-refractivity contribution in [2.45, 2.75) is 32.2 Å². The highest BCUT2D eigenvalue weighted by Gasteiger charge is 2.30. The van der Waals surface area contributed by atoms with Crippen LogP contribution < -0.4 is 4.74 Å². The molecule has 4 aromatic carbocycles. The highest BCUT2D eigenvalue weighted by Crippen LogP contribution is 2.27. The van der Waals surface area contributed by atoms with Gasteiger partial charge >= 0.3 is 6.36 Å². The number of alkyl halides is 3. The molecule has 34 heavy (non-hydrogen) atoms. The first-order valence-corrected chi connectivity index (χ1v) is 11.0. The fourth-order valence-corrected chi connectivity index (χ4v) is 3.88. The molecule has 4 rings (SSSR count). The van der Waals surface area contributed by atoms with Crippen LogP contribution in [0.4, 0.5) is 13.2 Å². The molecule has 1 N–H and O–H groups in total. The van der Waals surface area contributed by atoms with E-state index >= 15 is 0 Å². The number of benzene rings is 4. The molecule has 0 aromatic heterocycles. The number of hydrogen-bond donors (Lipinski definition) is 1. The van der Waals surface area contributed by atoms with Crippen LogP contribution in [0.25, 0.3) is 22.3 Å². The third kappa shape index (κ3) is 6.49. The maximum Gasteiger partial charge on any atom is 0.573 e. The lowest BCUT2D eigenvalue weighted by molar-refractivity contribution is -0.274. The van der Waals surface area contributed by atoms with Gasteiger partial charge < -0.3 is 9.84 Å². The van der Waals surface area contributed by atoms with Crippen LogP contribution in [0.3, 0.4) is 0 Å². The Bertz CT molecular complexity index is 1190. The Kier molecular flexibility index (Phi) is 7.03. The van der Waals surface area contributed by atoms with Crippen LogP contribution in [0.15, 0.2) is 97.1 Å². The zero-order valence-electron chi connectivity index (χ0n) is 18.7. The van der Waals surface area contributed by atoms with Crippen molar-refractivity contribution in [1.29, 1.82) is 0 Å². The molecule has 174 valence electrons. The van der Waals surface area contributed by atoms with Gasteiger partial charge in [-0.3, -0.25) is 0 Å². The molecular weight excluding hydrogens is 437 g/mol. The van der Waals surface area contributed by atoms with Crippen LogP contribution in [0, 0.1) is 6.92 Å². The normalized spacial score (nSPS) is 12.4. The molecule has 0 saturated heterocycles. The van der Waals surface area contributed by atoms with E-state index in [9.17, 15) is 18.3 Å². The first-order chi connectivity index (χ1) is 16.2. The molecule has 1 atom stereocenters. The molecule has 4 aromatic rings. The van der Waals surface area contributed by atoms with Gasteiger partial charge in [0.2, 0.25) is 0 Å². The number of aliphatic hydroxyl groups excluding tert-OH is 1. The molecule has 1 unspecified atom stereocenters. The summed E-state index contributed by atoms with van der Waals surface area (Å²) in [4.78, 5) is 0. The average molecular weight is 463 g/mol. The lowest BCUT2D eigenvalue weighted by Crippen LogP contribution is -2.16. The lowest BCUT2D eigenvalue weighted by atomic mass is 9.97. The summed E-state index contributed by atoms with van der Waals surface area (Å²) in [5, 5.41) is 10.6. The number of halogens is 3. The first kappa shape index (κ1) is 23.6. The van der Waals surface area contributed by atoms with E-state index in [-0.39, 0.29) is 5.75 Å². The molecule has 2 nitrogen and oxygen atoms in total. The van der Waals surface area contributed by atoms with Crippen LogP contribution in [-0.4, -0.2) is 17.6 Å². The summed E-state index contributed by atoms with van der Waals surface area (Å²) in [6.07, 6.45) is -4.16. The molecule has 0 amide bonds. The minimum absolute atomic E-state index is 0.247. The summed E-state index contributed by atoms with van der Waals surface area (Å²) in [5.41, 5.74) is 7.27. The second-order valence-electron chi connectivity index (χ2n) is 8.39. The summed E-state index contributed by atoms with van der Waals surface area (Å²) < 4.78 is 40.8. The number of hydrogen-bond acceptors (Lipinski definition) is 2. The second-order valence-corrected chi connectivity index (χ2v) is 8.39. The Labute approximate surface area is 197 Å². The summed E-state index contributed by atoms with van der Waals surface area (Å²) in [5.74, 6) is -0.247. The third-order valence-corrected chi connectivity index (χ3v) is 5.66. The minimum atomic E-state index is -4.70. The predicted octanol–water partition coefficient (Wildman–Crippen LogP) is 7.37. The Morgan fingerprint density at radius 1 is 0.618 bits per heavy atom. The Hall–Kier alpha value is -3.57. The van der Waals surface area contributed by atoms with Crippen molar-refractivity contribution >= 4 is 0 Å². The standard InChI is InChI=1S/C29H25F3O2/c1-20-2-8-23(9-3-20)24-10-4-21(5-11-24)18-27(33)19-22-6-12-25(13-7-22)26-14-16-28(17-15-26)34-29(30,31)32/h2-17,27,33H,18-19H2,1H3. The highest BCUT2D eigenvalue weighted by molar-refractivity contribution is 5.65. The largest absolute Gasteiger partial charge is 0.573 e. The van der Waals surface area contributed by atoms with E-state index in [1.807, 2.05) is 36.4 Å². The quantitative estimate of drug-likeness (QED) is 0.311. The summed E-state index contributed by atoms with van der Waals surface area (Å²) in [7, 11) is 0. The fraction of sp³-hybridized carbons (Fsp3) is 0.172. The summed E-state index contributed by atoms with van der Waals surface area (Å²) in [6.45, 7) is 2.07. The lowest BCUT2D eigenvalue weighted by Gasteiger charge is -2.12. The maximum absolute atomic E-state index is 12.3. The van der Waals surface area contributed by atoms with E-state index in [0.29, 0.717) is 12.8 Å². The van der Waals surface area contributed by atoms with E-state index in [1.165, 1.54) is 23.3 Å².